The van der Waals surface area contributed by atoms with Gasteiger partial charge in [0.25, 0.3) is 0 Å². The van der Waals surface area contributed by atoms with E-state index in [1.54, 1.807) is 62.6 Å². The number of rotatable bonds is 10. The summed E-state index contributed by atoms with van der Waals surface area (Å²) in [5.74, 6) is 0.433. The molecule has 0 spiro atoms. The van der Waals surface area contributed by atoms with Gasteiger partial charge in [0.1, 0.15) is 18.0 Å². The van der Waals surface area contributed by atoms with Gasteiger partial charge in [-0.25, -0.2) is 13.1 Å². The molecule has 4 rings (SSSR count). The molecular weight excluding hydrogens is 454 g/mol. The Morgan fingerprint density at radius 2 is 1.88 bits per heavy atom. The Labute approximate surface area is 198 Å². The SMILES string of the molecule is COCn1nc(Cc2cnccn2)c2cc(S(=O)(=O)C(C)C)cc(OCCc3ccccn3)c21. The zero-order valence-corrected chi connectivity index (χ0v) is 20.2. The molecule has 0 bridgehead atoms. The molecule has 34 heavy (non-hydrogen) atoms. The summed E-state index contributed by atoms with van der Waals surface area (Å²) in [5, 5.41) is 4.80. The molecule has 178 valence electrons. The van der Waals surface area contributed by atoms with E-state index in [9.17, 15) is 8.42 Å². The first-order valence-corrected chi connectivity index (χ1v) is 12.5. The van der Waals surface area contributed by atoms with E-state index < -0.39 is 15.1 Å². The van der Waals surface area contributed by atoms with Crippen molar-refractivity contribution in [3.05, 3.63) is 72.2 Å². The Bertz CT molecular complexity index is 1360. The van der Waals surface area contributed by atoms with Crippen molar-refractivity contribution >= 4 is 20.7 Å². The summed E-state index contributed by atoms with van der Waals surface area (Å²) < 4.78 is 39.3. The van der Waals surface area contributed by atoms with E-state index in [4.69, 9.17) is 14.6 Å². The molecule has 0 aliphatic rings. The monoisotopic (exact) mass is 481 g/mol. The van der Waals surface area contributed by atoms with Gasteiger partial charge in [0, 0.05) is 61.9 Å². The second kappa shape index (κ2) is 10.3. The van der Waals surface area contributed by atoms with E-state index in [2.05, 4.69) is 15.0 Å². The van der Waals surface area contributed by atoms with Gasteiger partial charge in [0.05, 0.1) is 28.1 Å². The Morgan fingerprint density at radius 1 is 1.06 bits per heavy atom. The zero-order valence-electron chi connectivity index (χ0n) is 19.4. The standard InChI is InChI=1S/C24H27N5O4S/c1-17(2)34(30,31)20-13-21-22(12-19-15-25-9-10-27-19)28-29(16-32-3)24(21)23(14-20)33-11-7-18-6-4-5-8-26-18/h4-6,8-10,13-15,17H,7,11-12,16H2,1-3H3. The average molecular weight is 482 g/mol. The van der Waals surface area contributed by atoms with Crippen LogP contribution < -0.4 is 4.74 Å². The van der Waals surface area contributed by atoms with E-state index in [0.29, 0.717) is 41.8 Å². The Kier molecular flexibility index (Phi) is 7.18. The molecule has 1 aromatic carbocycles. The van der Waals surface area contributed by atoms with Crippen LogP contribution in [-0.4, -0.2) is 52.1 Å². The first-order chi connectivity index (χ1) is 16.4. The van der Waals surface area contributed by atoms with Gasteiger partial charge in [-0.3, -0.25) is 15.0 Å². The van der Waals surface area contributed by atoms with Crippen molar-refractivity contribution in [1.82, 2.24) is 24.7 Å². The van der Waals surface area contributed by atoms with Crippen molar-refractivity contribution < 1.29 is 17.9 Å². The van der Waals surface area contributed by atoms with Gasteiger partial charge in [-0.2, -0.15) is 5.10 Å². The lowest BCUT2D eigenvalue weighted by Gasteiger charge is -2.14. The molecule has 0 unspecified atom stereocenters. The second-order valence-electron chi connectivity index (χ2n) is 8.07. The average Bonchev–Trinajstić information content (AvgIpc) is 3.17. The number of aromatic nitrogens is 5. The van der Waals surface area contributed by atoms with E-state index in [-0.39, 0.29) is 11.6 Å². The minimum atomic E-state index is -3.55. The smallest absolute Gasteiger partial charge is 0.180 e. The van der Waals surface area contributed by atoms with Crippen molar-refractivity contribution in [1.29, 1.82) is 0 Å². The molecule has 0 N–H and O–H groups in total. The third-order valence-electron chi connectivity index (χ3n) is 5.37. The first-order valence-electron chi connectivity index (χ1n) is 10.9. The van der Waals surface area contributed by atoms with Crippen LogP contribution in [0.4, 0.5) is 0 Å². The van der Waals surface area contributed by atoms with Crippen molar-refractivity contribution in [2.75, 3.05) is 13.7 Å². The predicted octanol–water partition coefficient (Wildman–Crippen LogP) is 3.22. The van der Waals surface area contributed by atoms with E-state index >= 15 is 0 Å². The molecule has 0 fully saturated rings. The summed E-state index contributed by atoms with van der Waals surface area (Å²) in [7, 11) is -1.97. The molecule has 0 atom stereocenters. The van der Waals surface area contributed by atoms with Crippen LogP contribution in [0.3, 0.4) is 0 Å². The maximum absolute atomic E-state index is 13.1. The predicted molar refractivity (Wildman–Crippen MR) is 127 cm³/mol. The van der Waals surface area contributed by atoms with Gasteiger partial charge < -0.3 is 9.47 Å². The van der Waals surface area contributed by atoms with Crippen LogP contribution in [0.25, 0.3) is 10.9 Å². The van der Waals surface area contributed by atoms with Crippen LogP contribution in [0, 0.1) is 0 Å². The number of nitrogens with zero attached hydrogens (tertiary/aromatic N) is 5. The normalized spacial score (nSPS) is 11.9. The van der Waals surface area contributed by atoms with Gasteiger partial charge in [0.15, 0.2) is 9.84 Å². The third-order valence-corrected chi connectivity index (χ3v) is 7.50. The molecule has 0 radical (unpaired) electrons. The van der Waals surface area contributed by atoms with Crippen molar-refractivity contribution in [2.24, 2.45) is 0 Å². The quantitative estimate of drug-likeness (QED) is 0.340. The summed E-state index contributed by atoms with van der Waals surface area (Å²) in [6.45, 7) is 3.84. The van der Waals surface area contributed by atoms with Gasteiger partial charge in [-0.15, -0.1) is 0 Å². The zero-order chi connectivity index (χ0) is 24.1. The van der Waals surface area contributed by atoms with Crippen LogP contribution in [0.2, 0.25) is 0 Å². The van der Waals surface area contributed by atoms with Crippen LogP contribution in [-0.2, 0) is 34.1 Å². The van der Waals surface area contributed by atoms with Crippen LogP contribution in [0.5, 0.6) is 5.75 Å². The molecule has 0 saturated heterocycles. The maximum atomic E-state index is 13.1. The van der Waals surface area contributed by atoms with Gasteiger partial charge in [-0.05, 0) is 32.0 Å². The number of methoxy groups -OCH3 is 1. The fourth-order valence-corrected chi connectivity index (χ4v) is 4.71. The second-order valence-corrected chi connectivity index (χ2v) is 10.6. The third kappa shape index (κ3) is 5.07. The first kappa shape index (κ1) is 23.8. The highest BCUT2D eigenvalue weighted by atomic mass is 32.2. The van der Waals surface area contributed by atoms with Crippen molar-refractivity contribution in [3.8, 4) is 5.75 Å². The lowest BCUT2D eigenvalue weighted by molar-refractivity contribution is 0.123. The van der Waals surface area contributed by atoms with Crippen molar-refractivity contribution in [2.45, 2.75) is 43.6 Å². The Morgan fingerprint density at radius 3 is 2.56 bits per heavy atom. The number of benzene rings is 1. The minimum absolute atomic E-state index is 0.184. The van der Waals surface area contributed by atoms with E-state index in [1.807, 2.05) is 18.2 Å². The number of sulfone groups is 1. The number of hydrogen-bond donors (Lipinski definition) is 0. The van der Waals surface area contributed by atoms with Crippen LogP contribution in [0.1, 0.15) is 30.9 Å². The minimum Gasteiger partial charge on any atom is -0.491 e. The number of pyridine rings is 1. The lowest BCUT2D eigenvalue weighted by Crippen LogP contribution is -2.14. The van der Waals surface area contributed by atoms with Crippen molar-refractivity contribution in [3.63, 3.8) is 0 Å². The highest BCUT2D eigenvalue weighted by Gasteiger charge is 2.25. The molecule has 0 aliphatic heterocycles. The Hall–Kier alpha value is -3.37. The summed E-state index contributed by atoms with van der Waals surface area (Å²) in [5.41, 5.74) is 2.95. The Balaban J connectivity index is 1.81. The fourth-order valence-electron chi connectivity index (χ4n) is 3.62. The molecule has 0 aliphatic carbocycles. The largest absolute Gasteiger partial charge is 0.491 e. The van der Waals surface area contributed by atoms with E-state index in [0.717, 1.165) is 11.4 Å². The number of ether oxygens (including phenoxy) is 2. The van der Waals surface area contributed by atoms with Gasteiger partial charge >= 0.3 is 0 Å². The molecule has 0 saturated carbocycles. The molecule has 0 amide bonds. The molecular formula is C24H27N5O4S. The molecule has 9 nitrogen and oxygen atoms in total. The molecule has 10 heteroatoms. The van der Waals surface area contributed by atoms with Crippen LogP contribution in [0.15, 0.2) is 60.0 Å². The highest BCUT2D eigenvalue weighted by Crippen LogP contribution is 2.34. The summed E-state index contributed by atoms with van der Waals surface area (Å²) in [4.78, 5) is 13.0. The number of fused-ring (bicyclic) bond motifs is 1. The summed E-state index contributed by atoms with van der Waals surface area (Å²) >= 11 is 0. The highest BCUT2D eigenvalue weighted by molar-refractivity contribution is 7.92. The summed E-state index contributed by atoms with van der Waals surface area (Å²) in [6.07, 6.45) is 7.58. The maximum Gasteiger partial charge on any atom is 0.180 e. The lowest BCUT2D eigenvalue weighted by atomic mass is 10.1. The molecule has 3 heterocycles. The van der Waals surface area contributed by atoms with Crippen LogP contribution >= 0.6 is 0 Å². The fraction of sp³-hybridized carbons (Fsp3) is 0.333. The molecule has 4 aromatic rings. The number of hydrogen-bond acceptors (Lipinski definition) is 8. The molecule has 3 aromatic heterocycles. The van der Waals surface area contributed by atoms with E-state index in [1.165, 1.54) is 0 Å². The summed E-state index contributed by atoms with van der Waals surface area (Å²) in [6, 6.07) is 8.95. The topological polar surface area (TPSA) is 109 Å². The van der Waals surface area contributed by atoms with Gasteiger partial charge in [0.2, 0.25) is 0 Å². The van der Waals surface area contributed by atoms with Gasteiger partial charge in [-0.1, -0.05) is 6.07 Å².